The van der Waals surface area contributed by atoms with E-state index in [2.05, 4.69) is 26.1 Å². The van der Waals surface area contributed by atoms with Crippen molar-refractivity contribution in [2.24, 2.45) is 4.99 Å². The Balaban J connectivity index is 2.14. The molecule has 0 aliphatic carbocycles. The molecule has 0 fully saturated rings. The smallest absolute Gasteiger partial charge is 0.308 e. The second kappa shape index (κ2) is 7.48. The Bertz CT molecular complexity index is 836. The Morgan fingerprint density at radius 1 is 1.40 bits per heavy atom. The molecular formula is C19H16BrNO3S. The number of benzene rings is 2. The van der Waals surface area contributed by atoms with E-state index in [0.717, 1.165) is 15.6 Å². The minimum atomic E-state index is -0.868. The van der Waals surface area contributed by atoms with Crippen LogP contribution in [0.15, 0.2) is 58.0 Å². The lowest BCUT2D eigenvalue weighted by atomic mass is 9.78. The summed E-state index contributed by atoms with van der Waals surface area (Å²) in [5.74, 6) is 0.329. The van der Waals surface area contributed by atoms with Crippen molar-refractivity contribution in [1.82, 2.24) is 0 Å². The van der Waals surface area contributed by atoms with Crippen LogP contribution < -0.4 is 4.74 Å². The zero-order valence-electron chi connectivity index (χ0n) is 13.6. The zero-order chi connectivity index (χ0) is 17.9. The van der Waals surface area contributed by atoms with Crippen molar-refractivity contribution in [3.8, 4) is 5.75 Å². The summed E-state index contributed by atoms with van der Waals surface area (Å²) in [5.41, 5.74) is 0.953. The average Bonchev–Trinajstić information content (AvgIpc) is 2.63. The Labute approximate surface area is 160 Å². The van der Waals surface area contributed by atoms with Crippen LogP contribution in [0, 0.1) is 0 Å². The number of fused-ring (bicyclic) bond motifs is 1. The molecule has 2 aromatic rings. The quantitative estimate of drug-likeness (QED) is 0.405. The molecule has 3 rings (SSSR count). The third kappa shape index (κ3) is 3.66. The fourth-order valence-electron chi connectivity index (χ4n) is 3.14. The molecule has 0 radical (unpaired) electrons. The van der Waals surface area contributed by atoms with Crippen LogP contribution in [-0.2, 0) is 15.1 Å². The highest BCUT2D eigenvalue weighted by Crippen LogP contribution is 2.49. The van der Waals surface area contributed by atoms with Crippen LogP contribution in [0.25, 0.3) is 0 Å². The standard InChI is InChI=1S/C19H16BrNO3S/c1-23-18(22)11-19(21-12-25)10-17(13-5-3-2-4-6-13)24-16-8-7-14(20)9-15(16)19/h2-9,17H,10-11H2,1H3. The number of thiocarbonyl (C=S) groups is 1. The first-order chi connectivity index (χ1) is 12.1. The van der Waals surface area contributed by atoms with Crippen molar-refractivity contribution in [2.75, 3.05) is 7.11 Å². The van der Waals surface area contributed by atoms with Crippen molar-refractivity contribution in [2.45, 2.75) is 24.5 Å². The summed E-state index contributed by atoms with van der Waals surface area (Å²) < 4.78 is 12.0. The lowest BCUT2D eigenvalue weighted by Gasteiger charge is -2.38. The van der Waals surface area contributed by atoms with E-state index in [9.17, 15) is 4.79 Å². The fourth-order valence-corrected chi connectivity index (χ4v) is 3.68. The number of nitrogens with zero attached hydrogens (tertiary/aromatic N) is 1. The number of esters is 1. The van der Waals surface area contributed by atoms with Gasteiger partial charge in [-0.2, -0.15) is 0 Å². The number of hydrogen-bond acceptors (Lipinski definition) is 5. The predicted molar refractivity (Wildman–Crippen MR) is 102 cm³/mol. The van der Waals surface area contributed by atoms with E-state index in [1.54, 1.807) is 0 Å². The minimum absolute atomic E-state index is 0.0727. The first-order valence-electron chi connectivity index (χ1n) is 7.75. The van der Waals surface area contributed by atoms with Crippen LogP contribution in [0.4, 0.5) is 0 Å². The number of aliphatic imine (C=N–C) groups is 1. The first kappa shape index (κ1) is 17.8. The highest BCUT2D eigenvalue weighted by atomic mass is 79.9. The fraction of sp³-hybridized carbons (Fsp3) is 0.263. The molecule has 2 aromatic carbocycles. The number of rotatable bonds is 4. The molecule has 0 saturated carbocycles. The second-order valence-electron chi connectivity index (χ2n) is 5.85. The van der Waals surface area contributed by atoms with Gasteiger partial charge in [-0.05, 0) is 36.0 Å². The summed E-state index contributed by atoms with van der Waals surface area (Å²) in [6, 6.07) is 15.6. The van der Waals surface area contributed by atoms with E-state index < -0.39 is 5.54 Å². The minimum Gasteiger partial charge on any atom is -0.485 e. The molecule has 6 heteroatoms. The summed E-state index contributed by atoms with van der Waals surface area (Å²) in [5, 5.41) is 2.47. The summed E-state index contributed by atoms with van der Waals surface area (Å²) in [6.45, 7) is 0. The molecule has 0 N–H and O–H groups in total. The molecule has 0 saturated heterocycles. The maximum Gasteiger partial charge on any atom is 0.308 e. The monoisotopic (exact) mass is 417 g/mol. The van der Waals surface area contributed by atoms with Gasteiger partial charge in [0.05, 0.1) is 18.7 Å². The summed E-state index contributed by atoms with van der Waals surface area (Å²) in [7, 11) is 1.37. The number of halogens is 1. The van der Waals surface area contributed by atoms with Crippen LogP contribution in [0.1, 0.15) is 30.1 Å². The number of hydrogen-bond donors (Lipinski definition) is 0. The topological polar surface area (TPSA) is 47.9 Å². The van der Waals surface area contributed by atoms with Gasteiger partial charge in [0.25, 0.3) is 0 Å². The first-order valence-corrected chi connectivity index (χ1v) is 8.95. The Hall–Kier alpha value is -2.01. The zero-order valence-corrected chi connectivity index (χ0v) is 16.0. The van der Waals surface area contributed by atoms with E-state index in [1.807, 2.05) is 48.5 Å². The van der Waals surface area contributed by atoms with Gasteiger partial charge in [-0.15, -0.1) is 0 Å². The highest BCUT2D eigenvalue weighted by Gasteiger charge is 2.44. The van der Waals surface area contributed by atoms with Gasteiger partial charge in [0.2, 0.25) is 0 Å². The van der Waals surface area contributed by atoms with Crippen molar-refractivity contribution in [3.63, 3.8) is 0 Å². The Morgan fingerprint density at radius 3 is 2.84 bits per heavy atom. The van der Waals surface area contributed by atoms with Crippen LogP contribution in [0.2, 0.25) is 0 Å². The maximum absolute atomic E-state index is 12.1. The van der Waals surface area contributed by atoms with Gasteiger partial charge < -0.3 is 9.47 Å². The number of carbonyl (C=O) groups is 1. The maximum atomic E-state index is 12.1. The number of carbonyl (C=O) groups excluding carboxylic acids is 1. The highest BCUT2D eigenvalue weighted by molar-refractivity contribution is 9.10. The molecule has 2 atom stereocenters. The van der Waals surface area contributed by atoms with Crippen molar-refractivity contribution < 1.29 is 14.3 Å². The van der Waals surface area contributed by atoms with Crippen molar-refractivity contribution in [3.05, 3.63) is 64.1 Å². The van der Waals surface area contributed by atoms with E-state index in [1.165, 1.54) is 7.11 Å². The summed E-state index contributed by atoms with van der Waals surface area (Å²) >= 11 is 8.37. The largest absolute Gasteiger partial charge is 0.485 e. The number of isothiocyanates is 1. The number of ether oxygens (including phenoxy) is 2. The van der Waals surface area contributed by atoms with E-state index in [4.69, 9.17) is 21.7 Å². The Kier molecular flexibility index (Phi) is 5.33. The van der Waals surface area contributed by atoms with E-state index in [0.29, 0.717) is 12.2 Å². The van der Waals surface area contributed by atoms with Crippen molar-refractivity contribution >= 4 is 39.3 Å². The molecule has 1 aliphatic rings. The van der Waals surface area contributed by atoms with Gasteiger partial charge in [0, 0.05) is 16.5 Å². The van der Waals surface area contributed by atoms with Crippen LogP contribution in [-0.4, -0.2) is 18.2 Å². The van der Waals surface area contributed by atoms with Crippen LogP contribution >= 0.6 is 28.1 Å². The van der Waals surface area contributed by atoms with Crippen LogP contribution in [0.3, 0.4) is 0 Å². The molecule has 0 bridgehead atoms. The third-order valence-corrected chi connectivity index (χ3v) is 4.92. The molecule has 0 amide bonds. The third-order valence-electron chi connectivity index (χ3n) is 4.33. The van der Waals surface area contributed by atoms with Gasteiger partial charge in [-0.1, -0.05) is 46.3 Å². The molecule has 0 spiro atoms. The molecule has 2 unspecified atom stereocenters. The molecule has 0 aromatic heterocycles. The number of methoxy groups -OCH3 is 1. The molecule has 1 aliphatic heterocycles. The summed E-state index contributed by atoms with van der Waals surface area (Å²) in [6.07, 6.45) is 0.300. The molecule has 4 nitrogen and oxygen atoms in total. The molecule has 1 heterocycles. The van der Waals surface area contributed by atoms with Gasteiger partial charge in [-0.25, -0.2) is 4.99 Å². The van der Waals surface area contributed by atoms with Gasteiger partial charge in [0.1, 0.15) is 17.4 Å². The van der Waals surface area contributed by atoms with E-state index >= 15 is 0 Å². The van der Waals surface area contributed by atoms with Gasteiger partial charge >= 0.3 is 5.97 Å². The molecular weight excluding hydrogens is 402 g/mol. The normalized spacial score (nSPS) is 21.4. The summed E-state index contributed by atoms with van der Waals surface area (Å²) in [4.78, 5) is 16.5. The predicted octanol–water partition coefficient (Wildman–Crippen LogP) is 4.83. The van der Waals surface area contributed by atoms with E-state index in [-0.39, 0.29) is 18.5 Å². The molecule has 128 valence electrons. The lowest BCUT2D eigenvalue weighted by molar-refractivity contribution is -0.142. The lowest BCUT2D eigenvalue weighted by Crippen LogP contribution is -2.35. The second-order valence-corrected chi connectivity index (χ2v) is 6.95. The Morgan fingerprint density at radius 2 is 2.16 bits per heavy atom. The SMILES string of the molecule is COC(=O)CC1(N=C=S)CC(c2ccccc2)Oc2ccc(Br)cc21. The van der Waals surface area contributed by atoms with Crippen LogP contribution in [0.5, 0.6) is 5.75 Å². The van der Waals surface area contributed by atoms with Gasteiger partial charge in [-0.3, -0.25) is 4.79 Å². The molecule has 25 heavy (non-hydrogen) atoms. The average molecular weight is 418 g/mol. The van der Waals surface area contributed by atoms with Gasteiger partial charge in [0.15, 0.2) is 0 Å². The van der Waals surface area contributed by atoms with Crippen molar-refractivity contribution in [1.29, 1.82) is 0 Å².